The van der Waals surface area contributed by atoms with Crippen LogP contribution in [0.25, 0.3) is 0 Å². The first-order valence-corrected chi connectivity index (χ1v) is 1.98. The van der Waals surface area contributed by atoms with Gasteiger partial charge >= 0.3 is 0 Å². The van der Waals surface area contributed by atoms with Crippen LogP contribution in [0.4, 0.5) is 0 Å². The van der Waals surface area contributed by atoms with Crippen molar-refractivity contribution in [2.75, 3.05) is 6.44 Å². The molecule has 0 saturated carbocycles. The molecule has 0 amide bonds. The second-order valence-corrected chi connectivity index (χ2v) is 0.899. The molecule has 2 nitrogen and oxygen atoms in total. The summed E-state index contributed by atoms with van der Waals surface area (Å²) in [6, 6.07) is 0. The lowest BCUT2D eigenvalue weighted by molar-refractivity contribution is 1.38. The molecule has 0 spiro atoms. The van der Waals surface area contributed by atoms with Crippen molar-refractivity contribution in [3.63, 3.8) is 0 Å². The van der Waals surface area contributed by atoms with Gasteiger partial charge in [-0.05, 0) is 18.7 Å². The third kappa shape index (κ3) is 5.27. The zero-order valence-electron chi connectivity index (χ0n) is 4.04. The third-order valence-corrected chi connectivity index (χ3v) is 0.408. The first-order valence-electron chi connectivity index (χ1n) is 1.98. The lowest BCUT2D eigenvalue weighted by Gasteiger charge is -1.72. The third-order valence-electron chi connectivity index (χ3n) is 0.408. The van der Waals surface area contributed by atoms with Gasteiger partial charge in [0.2, 0.25) is 0 Å². The Morgan fingerprint density at radius 1 is 1.71 bits per heavy atom. The average Bonchev–Trinajstić information content (AvgIpc) is 1.69. The molecule has 0 aromatic rings. The van der Waals surface area contributed by atoms with E-state index in [-0.39, 0.29) is 0 Å². The van der Waals surface area contributed by atoms with E-state index in [1.54, 1.807) is 12.3 Å². The van der Waals surface area contributed by atoms with Crippen LogP contribution < -0.4 is 5.73 Å². The molecule has 0 aromatic heterocycles. The normalized spacial score (nSPS) is 11.4. The highest BCUT2D eigenvalue weighted by atomic mass is 14.7. The molecule has 2 radical (unpaired) electrons. The summed E-state index contributed by atoms with van der Waals surface area (Å²) >= 11 is 0. The lowest BCUT2D eigenvalue weighted by atomic mass is 10.2. The van der Waals surface area contributed by atoms with E-state index in [2.05, 4.69) is 4.99 Å². The van der Waals surface area contributed by atoms with Crippen molar-refractivity contribution in [2.24, 2.45) is 10.7 Å². The van der Waals surface area contributed by atoms with Crippen molar-refractivity contribution in [3.8, 4) is 0 Å². The van der Waals surface area contributed by atoms with Gasteiger partial charge < -0.3 is 10.7 Å². The Kier molecular flexibility index (Phi) is 4.73. The summed E-state index contributed by atoms with van der Waals surface area (Å²) < 4.78 is 0. The largest absolute Gasteiger partial charge is 0.405 e. The highest BCUT2D eigenvalue weighted by Gasteiger charge is 1.57. The molecule has 0 fully saturated rings. The summed E-state index contributed by atoms with van der Waals surface area (Å²) in [5.74, 6) is 0. The molecule has 7 heavy (non-hydrogen) atoms. The molecular weight excluding hydrogens is 86.9 g/mol. The van der Waals surface area contributed by atoms with Gasteiger partial charge in [-0.15, -0.1) is 0 Å². The first kappa shape index (κ1) is 6.27. The number of hydrogen-bond donors (Lipinski definition) is 1. The van der Waals surface area contributed by atoms with Gasteiger partial charge in [0, 0.05) is 6.21 Å². The van der Waals surface area contributed by atoms with Gasteiger partial charge in [-0.2, -0.15) is 0 Å². The lowest BCUT2D eigenvalue weighted by Crippen LogP contribution is -1.78. The fourth-order valence-electron chi connectivity index (χ4n) is 0.171. The van der Waals surface area contributed by atoms with Crippen molar-refractivity contribution in [3.05, 3.63) is 12.3 Å². The van der Waals surface area contributed by atoms with Crippen molar-refractivity contribution >= 4 is 14.1 Å². The molecule has 0 rings (SSSR count). The summed E-state index contributed by atoms with van der Waals surface area (Å²) in [5.41, 5.74) is 4.96. The minimum Gasteiger partial charge on any atom is -0.405 e. The minimum absolute atomic E-state index is 0.324. The SMILES string of the molecule is [B]CN=C/C=C\N. The Bertz CT molecular complexity index is 77.8. The highest BCUT2D eigenvalue weighted by molar-refractivity contribution is 6.09. The molecular formula is C4H7BN2. The first-order chi connectivity index (χ1) is 3.41. The monoisotopic (exact) mass is 94.1 g/mol. The van der Waals surface area contributed by atoms with Gasteiger partial charge in [0.15, 0.2) is 0 Å². The predicted octanol–water partition coefficient (Wildman–Crippen LogP) is -0.344. The molecule has 0 aliphatic carbocycles. The summed E-state index contributed by atoms with van der Waals surface area (Å²) in [5, 5.41) is 0. The maximum atomic E-state index is 5.00. The Morgan fingerprint density at radius 3 is 2.86 bits per heavy atom. The van der Waals surface area contributed by atoms with E-state index in [1.165, 1.54) is 6.20 Å². The summed E-state index contributed by atoms with van der Waals surface area (Å²) in [6.07, 6.45) is 4.90. The van der Waals surface area contributed by atoms with Gasteiger partial charge in [-0.25, -0.2) is 0 Å². The van der Waals surface area contributed by atoms with E-state index in [0.29, 0.717) is 6.44 Å². The minimum atomic E-state index is 0.324. The number of nitrogens with two attached hydrogens (primary N) is 1. The number of aliphatic imine (C=N–C) groups is 1. The van der Waals surface area contributed by atoms with Gasteiger partial charge in [0.1, 0.15) is 0 Å². The Labute approximate surface area is 44.5 Å². The average molecular weight is 93.9 g/mol. The van der Waals surface area contributed by atoms with Gasteiger partial charge in [-0.1, -0.05) is 0 Å². The molecule has 2 N–H and O–H groups in total. The van der Waals surface area contributed by atoms with E-state index in [1.807, 2.05) is 0 Å². The topological polar surface area (TPSA) is 38.4 Å². The predicted molar refractivity (Wildman–Crippen MR) is 32.4 cm³/mol. The highest BCUT2D eigenvalue weighted by Crippen LogP contribution is 1.59. The molecule has 36 valence electrons. The van der Waals surface area contributed by atoms with Gasteiger partial charge in [0.05, 0.1) is 7.85 Å². The van der Waals surface area contributed by atoms with Crippen molar-refractivity contribution in [2.45, 2.75) is 0 Å². The maximum absolute atomic E-state index is 5.00. The summed E-state index contributed by atoms with van der Waals surface area (Å²) in [6.45, 7) is 0. The number of rotatable bonds is 2. The van der Waals surface area contributed by atoms with Gasteiger partial charge in [-0.3, -0.25) is 0 Å². The quantitative estimate of drug-likeness (QED) is 0.368. The van der Waals surface area contributed by atoms with Crippen LogP contribution in [0.1, 0.15) is 0 Å². The van der Waals surface area contributed by atoms with E-state index in [9.17, 15) is 0 Å². The van der Waals surface area contributed by atoms with Crippen LogP contribution in [-0.2, 0) is 0 Å². The second-order valence-electron chi connectivity index (χ2n) is 0.899. The standard InChI is InChI=1S/C4H7BN2/c5-4-7-3-1-2-6/h1-3H,4,6H2/b2-1-,7-3?. The van der Waals surface area contributed by atoms with Crippen molar-refractivity contribution < 1.29 is 0 Å². The fraction of sp³-hybridized carbons (Fsp3) is 0.250. The molecule has 0 aliphatic heterocycles. The van der Waals surface area contributed by atoms with Crippen LogP contribution >= 0.6 is 0 Å². The fourth-order valence-corrected chi connectivity index (χ4v) is 0.171. The smallest absolute Gasteiger partial charge is 0.0971 e. The molecule has 0 unspecified atom stereocenters. The van der Waals surface area contributed by atoms with Gasteiger partial charge in [0.25, 0.3) is 0 Å². The van der Waals surface area contributed by atoms with Crippen LogP contribution in [-0.4, -0.2) is 20.5 Å². The Balaban J connectivity index is 3.09. The van der Waals surface area contributed by atoms with Crippen LogP contribution in [0.3, 0.4) is 0 Å². The Hall–Kier alpha value is -0.725. The van der Waals surface area contributed by atoms with Crippen LogP contribution in [0, 0.1) is 0 Å². The van der Waals surface area contributed by atoms with Crippen molar-refractivity contribution in [1.29, 1.82) is 0 Å². The zero-order valence-corrected chi connectivity index (χ0v) is 4.04. The maximum Gasteiger partial charge on any atom is 0.0971 e. The molecule has 0 aromatic carbocycles. The van der Waals surface area contributed by atoms with E-state index in [0.717, 1.165) is 0 Å². The van der Waals surface area contributed by atoms with E-state index in [4.69, 9.17) is 13.6 Å². The molecule has 0 atom stereocenters. The molecule has 0 saturated heterocycles. The number of nitrogens with zero attached hydrogens (tertiary/aromatic N) is 1. The summed E-state index contributed by atoms with van der Waals surface area (Å²) in [4.78, 5) is 3.65. The van der Waals surface area contributed by atoms with Crippen LogP contribution in [0.5, 0.6) is 0 Å². The molecule has 3 heteroatoms. The zero-order chi connectivity index (χ0) is 5.54. The second kappa shape index (κ2) is 5.27. The van der Waals surface area contributed by atoms with Crippen LogP contribution in [0.2, 0.25) is 0 Å². The van der Waals surface area contributed by atoms with Crippen LogP contribution in [0.15, 0.2) is 17.3 Å². The number of allylic oxidation sites excluding steroid dienone is 1. The molecule has 0 bridgehead atoms. The van der Waals surface area contributed by atoms with E-state index >= 15 is 0 Å². The van der Waals surface area contributed by atoms with Crippen molar-refractivity contribution in [1.82, 2.24) is 0 Å². The summed E-state index contributed by atoms with van der Waals surface area (Å²) in [7, 11) is 5.00. The Morgan fingerprint density at radius 2 is 2.43 bits per heavy atom. The molecule has 0 aliphatic rings. The number of hydrogen-bond acceptors (Lipinski definition) is 2. The molecule has 0 heterocycles. The van der Waals surface area contributed by atoms with E-state index < -0.39 is 0 Å².